The van der Waals surface area contributed by atoms with Crippen molar-refractivity contribution in [3.05, 3.63) is 96.7 Å². The third-order valence-electron chi connectivity index (χ3n) is 6.29. The Balaban J connectivity index is 1.47. The number of unbranched alkanes of at least 4 members (excludes halogenated alkanes) is 1. The number of rotatable bonds is 13. The smallest absolute Gasteiger partial charge is 0.264 e. The van der Waals surface area contributed by atoms with Crippen LogP contribution in [0.1, 0.15) is 36.5 Å². The summed E-state index contributed by atoms with van der Waals surface area (Å²) in [6.07, 6.45) is 3.21. The van der Waals surface area contributed by atoms with Gasteiger partial charge in [-0.05, 0) is 48.9 Å². The number of carbonyl (C=O) groups excluding carboxylic acids is 2. The van der Waals surface area contributed by atoms with Crippen LogP contribution in [0.25, 0.3) is 10.9 Å². The summed E-state index contributed by atoms with van der Waals surface area (Å²) in [7, 11) is -7.94. The fourth-order valence-electron chi connectivity index (χ4n) is 4.16. The Bertz CT molecular complexity index is 1760. The van der Waals surface area contributed by atoms with E-state index in [0.717, 1.165) is 6.42 Å². The summed E-state index contributed by atoms with van der Waals surface area (Å²) >= 11 is 0. The fourth-order valence-corrected chi connectivity index (χ4v) is 6.41. The number of fused-ring (bicyclic) bond motifs is 1. The maximum absolute atomic E-state index is 13.2. The maximum atomic E-state index is 13.2. The molecular formula is C29H30N4O6S2. The summed E-state index contributed by atoms with van der Waals surface area (Å²) in [5, 5.41) is 3.34. The van der Waals surface area contributed by atoms with E-state index in [-0.39, 0.29) is 21.0 Å². The van der Waals surface area contributed by atoms with Crippen LogP contribution < -0.4 is 14.8 Å². The number of carbonyl (C=O) groups is 2. The molecule has 3 N–H and O–H groups in total. The predicted octanol–water partition coefficient (Wildman–Crippen LogP) is 3.87. The van der Waals surface area contributed by atoms with Gasteiger partial charge in [-0.3, -0.25) is 19.3 Å². The van der Waals surface area contributed by atoms with Gasteiger partial charge >= 0.3 is 0 Å². The first-order valence-electron chi connectivity index (χ1n) is 13.0. The van der Waals surface area contributed by atoms with Gasteiger partial charge < -0.3 is 5.32 Å². The molecule has 1 aromatic heterocycles. The zero-order valence-electron chi connectivity index (χ0n) is 22.3. The van der Waals surface area contributed by atoms with E-state index in [9.17, 15) is 26.4 Å². The summed E-state index contributed by atoms with van der Waals surface area (Å²) in [6.45, 7) is 1.44. The van der Waals surface area contributed by atoms with Crippen LogP contribution in [-0.4, -0.2) is 46.1 Å². The number of anilines is 1. The first kappa shape index (κ1) is 29.8. The molecule has 1 atom stereocenters. The van der Waals surface area contributed by atoms with E-state index in [1.165, 1.54) is 48.7 Å². The van der Waals surface area contributed by atoms with Gasteiger partial charge in [0.1, 0.15) is 4.90 Å². The van der Waals surface area contributed by atoms with E-state index in [2.05, 4.69) is 19.7 Å². The van der Waals surface area contributed by atoms with E-state index in [1.54, 1.807) is 42.5 Å². The summed E-state index contributed by atoms with van der Waals surface area (Å²) in [5.74, 6) is -1.09. The number of para-hydroxylation sites is 1. The second-order valence-electron chi connectivity index (χ2n) is 9.29. The summed E-state index contributed by atoms with van der Waals surface area (Å²) in [5.41, 5.74) is 0.592. The van der Waals surface area contributed by atoms with Crippen LogP contribution >= 0.6 is 0 Å². The van der Waals surface area contributed by atoms with E-state index < -0.39 is 44.3 Å². The van der Waals surface area contributed by atoms with E-state index in [4.69, 9.17) is 0 Å². The molecule has 4 aromatic rings. The molecule has 214 valence electrons. The molecule has 10 nitrogen and oxygen atoms in total. The van der Waals surface area contributed by atoms with Crippen molar-refractivity contribution in [2.75, 3.05) is 11.3 Å². The predicted molar refractivity (Wildman–Crippen MR) is 156 cm³/mol. The highest BCUT2D eigenvalue weighted by Crippen LogP contribution is 2.23. The van der Waals surface area contributed by atoms with E-state index in [0.29, 0.717) is 23.7 Å². The molecular weight excluding hydrogens is 564 g/mol. The molecule has 12 heteroatoms. The van der Waals surface area contributed by atoms with E-state index in [1.807, 2.05) is 6.92 Å². The fraction of sp³-hybridized carbons (Fsp3) is 0.207. The SMILES string of the molecule is CCCCC(NC(=O)c1cccc(NS(=O)(=O)c2cccc3cccnc23)c1)C(=O)CNS(=O)(=O)c1ccccc1. The molecule has 0 spiro atoms. The number of amides is 1. The lowest BCUT2D eigenvalue weighted by molar-refractivity contribution is -0.120. The Morgan fingerprint density at radius 2 is 1.59 bits per heavy atom. The minimum atomic E-state index is -4.04. The van der Waals surface area contributed by atoms with Gasteiger partial charge in [0.2, 0.25) is 10.0 Å². The second-order valence-corrected chi connectivity index (χ2v) is 12.7. The first-order chi connectivity index (χ1) is 19.6. The lowest BCUT2D eigenvalue weighted by atomic mass is 10.0. The lowest BCUT2D eigenvalue weighted by Gasteiger charge is -2.18. The van der Waals surface area contributed by atoms with Gasteiger partial charge in [0.05, 0.1) is 23.0 Å². The van der Waals surface area contributed by atoms with Gasteiger partial charge in [0.15, 0.2) is 5.78 Å². The Hall–Kier alpha value is -4.13. The largest absolute Gasteiger partial charge is 0.342 e. The molecule has 1 heterocycles. The molecule has 0 saturated carbocycles. The monoisotopic (exact) mass is 594 g/mol. The van der Waals surface area contributed by atoms with Crippen molar-refractivity contribution >= 4 is 48.3 Å². The summed E-state index contributed by atoms with van der Waals surface area (Å²) < 4.78 is 56.2. The highest BCUT2D eigenvalue weighted by Gasteiger charge is 2.24. The van der Waals surface area contributed by atoms with Crippen LogP contribution in [0.15, 0.2) is 101 Å². The molecule has 0 aliphatic heterocycles. The number of benzene rings is 3. The number of nitrogens with one attached hydrogen (secondary N) is 3. The van der Waals surface area contributed by atoms with Gasteiger partial charge in [-0.25, -0.2) is 21.6 Å². The standard InChI is InChI=1S/C29H30N4O6S2/c1-2-3-16-25(26(34)20-31-40(36,37)24-14-5-4-6-15-24)32-29(35)22-11-7-13-23(19-22)33-41(38,39)27-17-8-10-21-12-9-18-30-28(21)27/h4-15,17-19,25,31,33H,2-3,16,20H2,1H3,(H,32,35). The molecule has 0 bridgehead atoms. The molecule has 0 fully saturated rings. The van der Waals surface area contributed by atoms with Gasteiger partial charge in [-0.1, -0.05) is 62.2 Å². The van der Waals surface area contributed by atoms with Crippen molar-refractivity contribution in [2.24, 2.45) is 0 Å². The van der Waals surface area contributed by atoms with Crippen molar-refractivity contribution in [3.8, 4) is 0 Å². The minimum Gasteiger partial charge on any atom is -0.342 e. The van der Waals surface area contributed by atoms with Gasteiger partial charge in [0.25, 0.3) is 15.9 Å². The zero-order chi connectivity index (χ0) is 29.5. The van der Waals surface area contributed by atoms with Crippen molar-refractivity contribution in [3.63, 3.8) is 0 Å². The Morgan fingerprint density at radius 3 is 2.34 bits per heavy atom. The number of Topliss-reactive ketones (excluding diaryl/α,β-unsaturated/α-hetero) is 1. The summed E-state index contributed by atoms with van der Waals surface area (Å²) in [4.78, 5) is 30.3. The quantitative estimate of drug-likeness (QED) is 0.213. The van der Waals surface area contributed by atoms with Crippen LogP contribution in [0.3, 0.4) is 0 Å². The number of aromatic nitrogens is 1. The molecule has 0 saturated heterocycles. The summed E-state index contributed by atoms with van der Waals surface area (Å²) in [6, 6.07) is 20.9. The number of sulfonamides is 2. The minimum absolute atomic E-state index is 0.00589. The topological polar surface area (TPSA) is 151 Å². The first-order valence-corrected chi connectivity index (χ1v) is 15.9. The number of nitrogens with zero attached hydrogens (tertiary/aromatic N) is 1. The highest BCUT2D eigenvalue weighted by molar-refractivity contribution is 7.93. The van der Waals surface area contributed by atoms with Crippen LogP contribution in [0.2, 0.25) is 0 Å². The van der Waals surface area contributed by atoms with Crippen LogP contribution in [-0.2, 0) is 24.8 Å². The van der Waals surface area contributed by atoms with Crippen molar-refractivity contribution in [1.29, 1.82) is 0 Å². The van der Waals surface area contributed by atoms with Crippen LogP contribution in [0, 0.1) is 0 Å². The molecule has 0 radical (unpaired) electrons. The second kappa shape index (κ2) is 13.0. The molecule has 41 heavy (non-hydrogen) atoms. The third kappa shape index (κ3) is 7.54. The van der Waals surface area contributed by atoms with Crippen molar-refractivity contribution < 1.29 is 26.4 Å². The number of hydrogen-bond donors (Lipinski definition) is 3. The van der Waals surface area contributed by atoms with Gasteiger partial charge in [-0.15, -0.1) is 0 Å². The van der Waals surface area contributed by atoms with Gasteiger partial charge in [-0.2, -0.15) is 0 Å². The molecule has 3 aromatic carbocycles. The van der Waals surface area contributed by atoms with Crippen LogP contribution in [0.5, 0.6) is 0 Å². The number of pyridine rings is 1. The number of hydrogen-bond acceptors (Lipinski definition) is 7. The Kier molecular flexibility index (Phi) is 9.48. The normalized spacial score (nSPS) is 12.5. The van der Waals surface area contributed by atoms with Crippen molar-refractivity contribution in [2.45, 2.75) is 42.0 Å². The van der Waals surface area contributed by atoms with Gasteiger partial charge in [0, 0.05) is 22.8 Å². The lowest BCUT2D eigenvalue weighted by Crippen LogP contribution is -2.45. The zero-order valence-corrected chi connectivity index (χ0v) is 23.9. The molecule has 1 unspecified atom stereocenters. The maximum Gasteiger partial charge on any atom is 0.264 e. The molecule has 0 aliphatic carbocycles. The average molecular weight is 595 g/mol. The molecule has 0 aliphatic rings. The average Bonchev–Trinajstić information content (AvgIpc) is 2.98. The van der Waals surface area contributed by atoms with Crippen molar-refractivity contribution in [1.82, 2.24) is 15.0 Å². The van der Waals surface area contributed by atoms with Crippen LogP contribution in [0.4, 0.5) is 5.69 Å². The highest BCUT2D eigenvalue weighted by atomic mass is 32.2. The molecule has 1 amide bonds. The molecule has 4 rings (SSSR count). The Labute approximate surface area is 239 Å². The Morgan fingerprint density at radius 1 is 0.854 bits per heavy atom. The number of ketones is 1. The van der Waals surface area contributed by atoms with E-state index >= 15 is 0 Å². The third-order valence-corrected chi connectivity index (χ3v) is 9.12.